The first-order valence-electron chi connectivity index (χ1n) is 33.3. The molecule has 0 amide bonds. The molecule has 96 heavy (non-hydrogen) atoms. The number of anilines is 6. The Morgan fingerprint density at radius 3 is 1.12 bits per heavy atom. The minimum atomic E-state index is -3.10. The number of nitrogens with zero attached hydrogens (tertiary/aromatic N) is 3. The standard InChI is InChI=1S/C90H64BN3Si2/c1-9-31-65(32-10-1)67-35-29-36-69(61-67)94-88-63-70(93-84-53-27-25-49-80(84)81-50-26-28-54-85(81)93)62-87-89(88)91(82-52-30-51-79(90(82)94)66-33-11-2-12-34-66)83-64-78(96(74-43-19-6-20-44-74,75-45-21-7-22-46-75)76-47-23-8-24-48-76)59-60-86(83)92(87)68-55-57-77(58-56-68)95(71-37-13-3-14-38-71,72-39-15-4-16-40-72)73-41-17-5-18-42-73/h1-64H. The van der Waals surface area contributed by atoms with Crippen molar-refractivity contribution >= 4 is 137 Å². The molecule has 0 N–H and O–H groups in total. The van der Waals surface area contributed by atoms with Crippen LogP contribution in [0.25, 0.3) is 49.7 Å². The summed E-state index contributed by atoms with van der Waals surface area (Å²) in [6.07, 6.45) is 0. The molecule has 18 rings (SSSR count). The summed E-state index contributed by atoms with van der Waals surface area (Å²) in [4.78, 5) is 5.26. The molecule has 0 saturated heterocycles. The predicted octanol–water partition coefficient (Wildman–Crippen LogP) is 15.0. The molecule has 0 unspecified atom stereocenters. The fourth-order valence-corrected chi connectivity index (χ4v) is 26.0. The van der Waals surface area contributed by atoms with Gasteiger partial charge in [0.25, 0.3) is 6.71 Å². The molecule has 0 radical (unpaired) electrons. The smallest absolute Gasteiger partial charge is 0.252 e. The molecular formula is C90H64BN3Si2. The Labute approximate surface area is 563 Å². The average molecular weight is 1250 g/mol. The third-order valence-corrected chi connectivity index (χ3v) is 30.0. The molecular weight excluding hydrogens is 1190 g/mol. The number of hydrogen-bond donors (Lipinski definition) is 0. The van der Waals surface area contributed by atoms with Crippen molar-refractivity contribution in [2.75, 3.05) is 9.80 Å². The van der Waals surface area contributed by atoms with Crippen molar-refractivity contribution in [2.24, 2.45) is 0 Å². The quantitative estimate of drug-likeness (QED) is 0.0842. The van der Waals surface area contributed by atoms with Gasteiger partial charge in [-0.1, -0.05) is 334 Å². The summed E-state index contributed by atoms with van der Waals surface area (Å²) in [5, 5.41) is 13.1. The molecule has 0 fully saturated rings. The van der Waals surface area contributed by atoms with E-state index in [1.165, 1.54) is 85.5 Å². The highest BCUT2D eigenvalue weighted by molar-refractivity contribution is 7.20. The maximum atomic E-state index is 2.66. The predicted molar refractivity (Wildman–Crippen MR) is 413 cm³/mol. The van der Waals surface area contributed by atoms with Crippen molar-refractivity contribution in [1.29, 1.82) is 0 Å². The Morgan fingerprint density at radius 2 is 0.625 bits per heavy atom. The minimum absolute atomic E-state index is 0.219. The summed E-state index contributed by atoms with van der Waals surface area (Å²) < 4.78 is 2.52. The third kappa shape index (κ3) is 9.01. The van der Waals surface area contributed by atoms with Gasteiger partial charge in [0.05, 0.1) is 16.7 Å². The van der Waals surface area contributed by atoms with Crippen molar-refractivity contribution < 1.29 is 0 Å². The second kappa shape index (κ2) is 23.6. The molecule has 0 saturated carbocycles. The van der Waals surface area contributed by atoms with E-state index < -0.39 is 16.1 Å². The van der Waals surface area contributed by atoms with Gasteiger partial charge in [-0.3, -0.25) is 0 Å². The van der Waals surface area contributed by atoms with E-state index in [0.717, 1.165) is 56.3 Å². The average Bonchev–Trinajstić information content (AvgIpc) is 0.733. The molecule has 2 aliphatic rings. The van der Waals surface area contributed by atoms with E-state index in [0.29, 0.717) is 0 Å². The second-order valence-electron chi connectivity index (χ2n) is 25.4. The van der Waals surface area contributed by atoms with E-state index in [9.17, 15) is 0 Å². The molecule has 15 aromatic carbocycles. The van der Waals surface area contributed by atoms with Crippen LogP contribution in [-0.4, -0.2) is 27.4 Å². The van der Waals surface area contributed by atoms with Gasteiger partial charge in [-0.2, -0.15) is 0 Å². The molecule has 0 bridgehead atoms. The topological polar surface area (TPSA) is 11.4 Å². The number of fused-ring (bicyclic) bond motifs is 7. The van der Waals surface area contributed by atoms with Gasteiger partial charge in [-0.15, -0.1) is 0 Å². The minimum Gasteiger partial charge on any atom is -0.311 e. The molecule has 3 nitrogen and oxygen atoms in total. The van der Waals surface area contributed by atoms with E-state index in [-0.39, 0.29) is 6.71 Å². The molecule has 2 aliphatic heterocycles. The van der Waals surface area contributed by atoms with Crippen molar-refractivity contribution in [1.82, 2.24) is 4.57 Å². The molecule has 0 atom stereocenters. The number of para-hydroxylation sites is 3. The zero-order chi connectivity index (χ0) is 63.6. The first-order chi connectivity index (χ1) is 47.7. The van der Waals surface area contributed by atoms with Gasteiger partial charge in [0.2, 0.25) is 0 Å². The van der Waals surface area contributed by atoms with Crippen molar-refractivity contribution in [3.63, 3.8) is 0 Å². The van der Waals surface area contributed by atoms with Gasteiger partial charge in [0.15, 0.2) is 16.1 Å². The Bertz CT molecular complexity index is 5280. The summed E-state index contributed by atoms with van der Waals surface area (Å²) in [6, 6.07) is 147. The SMILES string of the molecule is c1ccc(-c2cccc(N3c4cc(-n5c6ccccc6c6ccccc65)cc5c4B(c4cc([Si](c6ccccc6)(c6ccccc6)c6ccccc6)ccc4N5c4ccc([Si](c5ccccc5)(c5ccccc5)c5ccccc5)cc4)c4cccc(-c5ccccc5)c43)c2)cc1. The highest BCUT2D eigenvalue weighted by Gasteiger charge is 2.48. The number of hydrogen-bond acceptors (Lipinski definition) is 2. The number of benzene rings is 15. The Hall–Kier alpha value is -11.8. The summed E-state index contributed by atoms with van der Waals surface area (Å²) in [5.41, 5.74) is 18.6. The highest BCUT2D eigenvalue weighted by Crippen LogP contribution is 2.49. The number of aromatic nitrogens is 1. The van der Waals surface area contributed by atoms with Crippen molar-refractivity contribution in [3.8, 4) is 27.9 Å². The van der Waals surface area contributed by atoms with E-state index >= 15 is 0 Å². The van der Waals surface area contributed by atoms with Gasteiger partial charge in [0.1, 0.15) is 0 Å². The van der Waals surface area contributed by atoms with Crippen LogP contribution in [0.3, 0.4) is 0 Å². The Kier molecular flexibility index (Phi) is 14.0. The maximum Gasteiger partial charge on any atom is 0.252 e. The van der Waals surface area contributed by atoms with E-state index in [4.69, 9.17) is 0 Å². The van der Waals surface area contributed by atoms with Crippen LogP contribution in [0.4, 0.5) is 34.1 Å². The molecule has 0 aliphatic carbocycles. The van der Waals surface area contributed by atoms with E-state index in [1.54, 1.807) is 0 Å². The second-order valence-corrected chi connectivity index (χ2v) is 33.0. The normalized spacial score (nSPS) is 12.5. The van der Waals surface area contributed by atoms with E-state index in [2.05, 4.69) is 403 Å². The third-order valence-electron chi connectivity index (χ3n) is 20.4. The summed E-state index contributed by atoms with van der Waals surface area (Å²) in [7, 11) is -6.03. The van der Waals surface area contributed by atoms with E-state index in [1.807, 2.05) is 0 Å². The van der Waals surface area contributed by atoms with Crippen LogP contribution < -0.4 is 67.7 Å². The fourth-order valence-electron chi connectivity index (χ4n) is 16.4. The monoisotopic (exact) mass is 1250 g/mol. The van der Waals surface area contributed by atoms with Crippen molar-refractivity contribution in [2.45, 2.75) is 0 Å². The van der Waals surface area contributed by atoms with Gasteiger partial charge in [-0.25, -0.2) is 0 Å². The van der Waals surface area contributed by atoms with Crippen molar-refractivity contribution in [3.05, 3.63) is 388 Å². The van der Waals surface area contributed by atoms with Crippen LogP contribution in [0, 0.1) is 0 Å². The molecule has 6 heteroatoms. The summed E-state index contributed by atoms with van der Waals surface area (Å²) >= 11 is 0. The lowest BCUT2D eigenvalue weighted by Crippen LogP contribution is -2.75. The van der Waals surface area contributed by atoms with Gasteiger partial charge < -0.3 is 14.4 Å². The molecule has 16 aromatic rings. The first kappa shape index (κ1) is 56.9. The van der Waals surface area contributed by atoms with Crippen LogP contribution in [0.1, 0.15) is 0 Å². The largest absolute Gasteiger partial charge is 0.311 e. The van der Waals surface area contributed by atoms with Crippen LogP contribution in [0.2, 0.25) is 0 Å². The van der Waals surface area contributed by atoms with Crippen LogP contribution >= 0.6 is 0 Å². The van der Waals surface area contributed by atoms with Gasteiger partial charge in [-0.05, 0) is 129 Å². The summed E-state index contributed by atoms with van der Waals surface area (Å²) in [5.74, 6) is 0. The Morgan fingerprint density at radius 1 is 0.229 bits per heavy atom. The lowest BCUT2D eigenvalue weighted by Gasteiger charge is -2.46. The molecule has 450 valence electrons. The zero-order valence-corrected chi connectivity index (χ0v) is 54.9. The lowest BCUT2D eigenvalue weighted by molar-refractivity contribution is 1.16. The highest BCUT2D eigenvalue weighted by atomic mass is 28.3. The van der Waals surface area contributed by atoms with Gasteiger partial charge in [0, 0.05) is 50.5 Å². The van der Waals surface area contributed by atoms with Crippen LogP contribution in [0.5, 0.6) is 0 Å². The summed E-state index contributed by atoms with van der Waals surface area (Å²) in [6.45, 7) is -0.219. The molecule has 3 heterocycles. The van der Waals surface area contributed by atoms with Crippen LogP contribution in [0.15, 0.2) is 388 Å². The fraction of sp³-hybridized carbons (Fsp3) is 0. The van der Waals surface area contributed by atoms with Gasteiger partial charge >= 0.3 is 0 Å². The number of rotatable bonds is 13. The maximum absolute atomic E-state index is 3.10. The molecule has 1 aromatic heterocycles. The molecule has 0 spiro atoms. The lowest BCUT2D eigenvalue weighted by atomic mass is 9.33. The first-order valence-corrected chi connectivity index (χ1v) is 37.3. The Balaban J connectivity index is 0.982. The zero-order valence-electron chi connectivity index (χ0n) is 52.9. The van der Waals surface area contributed by atoms with Crippen LogP contribution in [-0.2, 0) is 0 Å².